The molecule has 0 spiro atoms. The van der Waals surface area contributed by atoms with Crippen molar-refractivity contribution in [1.29, 1.82) is 0 Å². The molecular weight excluding hydrogens is 909 g/mol. The Kier molecular flexibility index (Phi) is 23.6. The van der Waals surface area contributed by atoms with Crippen molar-refractivity contribution in [2.24, 2.45) is 4.99 Å². The topological polar surface area (TPSA) is 44.9 Å². The molecule has 2 aliphatic rings. The van der Waals surface area contributed by atoms with E-state index in [1.165, 1.54) is 47.9 Å². The Morgan fingerprint density at radius 3 is 1.32 bits per heavy atom. The molecule has 2 saturated heterocycles. The zero-order chi connectivity index (χ0) is 33.1. The number of aliphatic imine (C=N–C) groups is 1. The van der Waals surface area contributed by atoms with Crippen molar-refractivity contribution in [2.75, 3.05) is 26.4 Å². The second kappa shape index (κ2) is 24.5. The van der Waals surface area contributed by atoms with E-state index < -0.39 is 0 Å². The number of nitrogens with zero attached hydrogens (tertiary/aromatic N) is 2. The van der Waals surface area contributed by atoms with Crippen LogP contribution in [0.1, 0.15) is 141 Å². The minimum absolute atomic E-state index is 0.190. The Labute approximate surface area is 302 Å². The van der Waals surface area contributed by atoms with Crippen LogP contribution in [0, 0.1) is 25.5 Å². The molecule has 0 aromatic heterocycles. The van der Waals surface area contributed by atoms with Crippen LogP contribution in [0.5, 0.6) is 0 Å². The summed E-state index contributed by atoms with van der Waals surface area (Å²) in [6, 6.07) is 13.1. The summed E-state index contributed by atoms with van der Waals surface area (Å²) in [7, 11) is 0. The molecule has 0 saturated carbocycles. The molecule has 2 aromatic carbocycles. The van der Waals surface area contributed by atoms with E-state index in [1.807, 2.05) is 0 Å². The number of benzene rings is 2. The van der Waals surface area contributed by atoms with Crippen molar-refractivity contribution >= 4 is 45.7 Å². The summed E-state index contributed by atoms with van der Waals surface area (Å²) in [5.74, 6) is 1.75. The molecule has 0 unspecified atom stereocenters. The van der Waals surface area contributed by atoms with Crippen molar-refractivity contribution in [3.05, 3.63) is 75.7 Å². The molecule has 0 bridgehead atoms. The van der Waals surface area contributed by atoms with Gasteiger partial charge >= 0.3 is 54.0 Å². The molecule has 2 fully saturated rings. The molecule has 0 radical (unpaired) electrons. The first-order chi connectivity index (χ1) is 20.9. The quantitative estimate of drug-likeness (QED) is 0.195. The molecular formula is C37H57I2N2O2Sm-. The molecule has 7 heteroatoms. The van der Waals surface area contributed by atoms with Gasteiger partial charge in [0, 0.05) is 32.1 Å². The molecule has 0 aliphatic carbocycles. The summed E-state index contributed by atoms with van der Waals surface area (Å²) >= 11 is 5.07. The summed E-state index contributed by atoms with van der Waals surface area (Å²) in [4.78, 5) is 5.08. The minimum atomic E-state index is 0.190. The third-order valence-electron chi connectivity index (χ3n) is 7.33. The van der Waals surface area contributed by atoms with Gasteiger partial charge in [-0.3, -0.25) is 4.99 Å². The second-order valence-electron chi connectivity index (χ2n) is 12.5. The molecule has 4 rings (SSSR count). The van der Waals surface area contributed by atoms with Crippen LogP contribution in [-0.4, -0.2) is 32.1 Å². The SMILES string of the molecule is C1CCOC1.C1CCOC1.CC(/C=C(/C)[N-]c1c(C(C)C)cccc1C(C)C)=Nc1c(C(C)C)cccc1C(C)C.[I][Sm][I]. The summed E-state index contributed by atoms with van der Waals surface area (Å²) in [5, 5.41) is 5.08. The zero-order valence-electron chi connectivity index (χ0n) is 28.9. The van der Waals surface area contributed by atoms with E-state index in [9.17, 15) is 0 Å². The van der Waals surface area contributed by atoms with Gasteiger partial charge in [-0.15, -0.1) is 5.69 Å². The predicted molar refractivity (Wildman–Crippen MR) is 207 cm³/mol. The Morgan fingerprint density at radius 2 is 1.02 bits per heavy atom. The van der Waals surface area contributed by atoms with Gasteiger partial charge in [-0.25, -0.2) is 0 Å². The zero-order valence-corrected chi connectivity index (χ0v) is 35.8. The summed E-state index contributed by atoms with van der Waals surface area (Å²) in [6.45, 7) is 26.1. The van der Waals surface area contributed by atoms with Gasteiger partial charge in [-0.05, 0) is 67.4 Å². The van der Waals surface area contributed by atoms with Gasteiger partial charge in [-0.1, -0.05) is 116 Å². The van der Waals surface area contributed by atoms with E-state index in [1.54, 1.807) is 0 Å². The average molecular weight is 966 g/mol. The Hall–Kier alpha value is 0.368. The van der Waals surface area contributed by atoms with E-state index in [0.717, 1.165) is 49.2 Å². The van der Waals surface area contributed by atoms with Gasteiger partial charge in [0.1, 0.15) is 0 Å². The third-order valence-corrected chi connectivity index (χ3v) is 7.33. The molecule has 2 heterocycles. The standard InChI is InChI=1S/C29H41N2.2C4H8O.2HI.Sm/c1-18(2)24-13-11-14-25(19(3)4)28(24)30-22(9)17-23(10)31-29-26(20(5)6)15-12-16-27(29)21(7)8;2*1-2-4-5-3-1;;;/h11-21H,1-10H3;2*1-4H2;2*1H;/q-1;;;;;+2/p-2/b22-17-,31-23?;;;;;. The van der Waals surface area contributed by atoms with Crippen LogP contribution in [0.25, 0.3) is 5.32 Å². The van der Waals surface area contributed by atoms with Crippen LogP contribution >= 0.6 is 28.6 Å². The van der Waals surface area contributed by atoms with Crippen molar-refractivity contribution in [3.63, 3.8) is 0 Å². The number of ether oxygens (including phenoxy) is 2. The fraction of sp³-hybridized carbons (Fsp3) is 0.595. The van der Waals surface area contributed by atoms with Crippen LogP contribution in [0.2, 0.25) is 0 Å². The van der Waals surface area contributed by atoms with Crippen molar-refractivity contribution in [2.45, 2.75) is 119 Å². The molecule has 4 nitrogen and oxygen atoms in total. The normalized spacial score (nSPS) is 15.1. The molecule has 0 atom stereocenters. The summed E-state index contributed by atoms with van der Waals surface area (Å²) in [6.07, 6.45) is 7.22. The number of halogens is 2. The maximum atomic E-state index is 5.08. The van der Waals surface area contributed by atoms with Gasteiger partial charge in [0.2, 0.25) is 0 Å². The molecule has 248 valence electrons. The number of para-hydroxylation sites is 2. The van der Waals surface area contributed by atoms with Gasteiger partial charge in [-0.2, -0.15) is 5.70 Å². The molecule has 0 amide bonds. The van der Waals surface area contributed by atoms with E-state index in [4.69, 9.17) is 19.8 Å². The number of hydrogen-bond donors (Lipinski definition) is 0. The maximum absolute atomic E-state index is 5.08. The van der Waals surface area contributed by atoms with Gasteiger partial charge < -0.3 is 14.8 Å². The monoisotopic (exact) mass is 967 g/mol. The molecule has 44 heavy (non-hydrogen) atoms. The van der Waals surface area contributed by atoms with Gasteiger partial charge in [0.15, 0.2) is 0 Å². The first-order valence-corrected chi connectivity index (χ1v) is 31.2. The molecule has 0 N–H and O–H groups in total. The van der Waals surface area contributed by atoms with Crippen molar-refractivity contribution < 1.29 is 34.9 Å². The summed E-state index contributed by atoms with van der Waals surface area (Å²) in [5.41, 5.74) is 9.45. The number of allylic oxidation sites excluding steroid dienone is 2. The Morgan fingerprint density at radius 1 is 0.682 bits per heavy atom. The first kappa shape index (κ1) is 42.4. The second-order valence-corrected chi connectivity index (χ2v) is 31.9. The van der Waals surface area contributed by atoms with Crippen LogP contribution in [0.15, 0.2) is 53.2 Å². The fourth-order valence-corrected chi connectivity index (χ4v) is 5.02. The predicted octanol–water partition coefficient (Wildman–Crippen LogP) is 13.2. The fourth-order valence-electron chi connectivity index (χ4n) is 5.02. The first-order valence-electron chi connectivity index (χ1n) is 16.2. The Balaban J connectivity index is 0.000000609. The van der Waals surface area contributed by atoms with E-state index in [2.05, 4.69) is 140 Å². The summed E-state index contributed by atoms with van der Waals surface area (Å²) < 4.78 is 9.89. The van der Waals surface area contributed by atoms with E-state index >= 15 is 0 Å². The average Bonchev–Trinajstić information content (AvgIpc) is 3.73. The van der Waals surface area contributed by atoms with Gasteiger partial charge in [0.25, 0.3) is 0 Å². The van der Waals surface area contributed by atoms with Crippen LogP contribution in [-0.2, 0) is 9.47 Å². The van der Waals surface area contributed by atoms with Gasteiger partial charge in [0.05, 0.1) is 5.69 Å². The molecule has 2 aromatic rings. The molecule has 2 aliphatic heterocycles. The van der Waals surface area contributed by atoms with E-state index in [-0.39, 0.29) is 25.5 Å². The third kappa shape index (κ3) is 16.5. The van der Waals surface area contributed by atoms with Crippen molar-refractivity contribution in [3.8, 4) is 0 Å². The van der Waals surface area contributed by atoms with Crippen molar-refractivity contribution in [1.82, 2.24) is 0 Å². The number of rotatable bonds is 8. The van der Waals surface area contributed by atoms with Crippen LogP contribution < -0.4 is 0 Å². The number of hydrogen-bond acceptors (Lipinski definition) is 3. The Bertz CT molecular complexity index is 1060. The van der Waals surface area contributed by atoms with E-state index in [0.29, 0.717) is 23.7 Å². The van der Waals surface area contributed by atoms with Crippen LogP contribution in [0.3, 0.4) is 0 Å². The van der Waals surface area contributed by atoms with Crippen LogP contribution in [0.4, 0.5) is 11.4 Å².